The first kappa shape index (κ1) is 28.5. The van der Waals surface area contributed by atoms with Crippen molar-refractivity contribution in [3.63, 3.8) is 0 Å². The number of sulfonamides is 2. The number of para-hydroxylation sites is 2. The zero-order chi connectivity index (χ0) is 29.9. The summed E-state index contributed by atoms with van der Waals surface area (Å²) in [5.41, 5.74) is 3.27. The number of fused-ring (bicyclic) bond motifs is 1. The molecule has 0 bridgehead atoms. The van der Waals surface area contributed by atoms with E-state index in [0.29, 0.717) is 28.1 Å². The summed E-state index contributed by atoms with van der Waals surface area (Å²) < 4.78 is 57.0. The maximum absolute atomic E-state index is 13.2. The number of hydrogen-bond donors (Lipinski definition) is 4. The molecule has 5 aromatic rings. The second-order valence-electron chi connectivity index (χ2n) is 9.34. The normalized spacial score (nSPS) is 11.6. The highest BCUT2D eigenvalue weighted by molar-refractivity contribution is 7.93. The minimum absolute atomic E-state index is 0.0382. The molecular weight excluding hydrogens is 576 g/mol. The fourth-order valence-corrected chi connectivity index (χ4v) is 6.02. The number of nitrogens with zero attached hydrogens (tertiary/aromatic N) is 2. The highest BCUT2D eigenvalue weighted by Gasteiger charge is 2.20. The second-order valence-corrected chi connectivity index (χ2v) is 12.7. The van der Waals surface area contributed by atoms with E-state index < -0.39 is 20.0 Å². The van der Waals surface area contributed by atoms with Gasteiger partial charge in [-0.3, -0.25) is 14.2 Å². The van der Waals surface area contributed by atoms with Gasteiger partial charge < -0.3 is 10.6 Å². The summed E-state index contributed by atoms with van der Waals surface area (Å²) in [6.45, 7) is 3.23. The van der Waals surface area contributed by atoms with Crippen molar-refractivity contribution < 1.29 is 21.6 Å². The molecule has 0 aliphatic rings. The zero-order valence-corrected chi connectivity index (χ0v) is 24.1. The number of carbonyl (C=O) groups is 1. The van der Waals surface area contributed by atoms with Gasteiger partial charge in [0.1, 0.15) is 0 Å². The summed E-state index contributed by atoms with van der Waals surface area (Å²) in [7, 11) is -7.86. The van der Waals surface area contributed by atoms with Crippen LogP contribution >= 0.6 is 0 Å². The Labute approximate surface area is 243 Å². The van der Waals surface area contributed by atoms with E-state index in [1.807, 2.05) is 6.92 Å². The maximum Gasteiger partial charge on any atom is 0.263 e. The Kier molecular flexibility index (Phi) is 7.79. The lowest BCUT2D eigenvalue weighted by Gasteiger charge is -2.15. The Balaban J connectivity index is 1.40. The minimum Gasteiger partial charge on any atom is -0.337 e. The Morgan fingerprint density at radius 2 is 1.07 bits per heavy atom. The van der Waals surface area contributed by atoms with E-state index in [1.54, 1.807) is 60.7 Å². The van der Waals surface area contributed by atoms with Crippen molar-refractivity contribution in [1.29, 1.82) is 0 Å². The molecule has 0 spiro atoms. The molecule has 1 heterocycles. The van der Waals surface area contributed by atoms with Crippen molar-refractivity contribution in [1.82, 2.24) is 9.97 Å². The molecule has 0 atom stereocenters. The molecule has 4 N–H and O–H groups in total. The molecule has 0 unspecified atom stereocenters. The predicted molar refractivity (Wildman–Crippen MR) is 163 cm³/mol. The lowest BCUT2D eigenvalue weighted by atomic mass is 10.2. The first-order valence-corrected chi connectivity index (χ1v) is 15.6. The molecule has 42 heavy (non-hydrogen) atoms. The summed E-state index contributed by atoms with van der Waals surface area (Å²) in [5, 5.41) is 5.66. The molecule has 1 aromatic heterocycles. The third-order valence-electron chi connectivity index (χ3n) is 6.02. The van der Waals surface area contributed by atoms with Crippen molar-refractivity contribution >= 4 is 65.7 Å². The number of carbonyl (C=O) groups excluding carboxylic acids is 1. The monoisotopic (exact) mass is 602 g/mol. The molecule has 214 valence electrons. The van der Waals surface area contributed by atoms with Crippen LogP contribution in [-0.2, 0) is 24.8 Å². The van der Waals surface area contributed by atoms with E-state index in [4.69, 9.17) is 0 Å². The fourth-order valence-electron chi connectivity index (χ4n) is 3.96. The van der Waals surface area contributed by atoms with Crippen LogP contribution in [0.5, 0.6) is 0 Å². The summed E-state index contributed by atoms with van der Waals surface area (Å²) in [4.78, 5) is 20.4. The molecule has 0 fully saturated rings. The molecule has 1 amide bonds. The van der Waals surface area contributed by atoms with Gasteiger partial charge in [-0.2, -0.15) is 0 Å². The number of amides is 1. The van der Waals surface area contributed by atoms with Gasteiger partial charge >= 0.3 is 0 Å². The lowest BCUT2D eigenvalue weighted by Crippen LogP contribution is -2.16. The zero-order valence-electron chi connectivity index (χ0n) is 22.5. The average Bonchev–Trinajstić information content (AvgIpc) is 2.94. The fraction of sp³-hybridized carbons (Fsp3) is 0.0690. The van der Waals surface area contributed by atoms with E-state index in [2.05, 4.69) is 30.0 Å². The molecule has 11 nitrogen and oxygen atoms in total. The van der Waals surface area contributed by atoms with Crippen LogP contribution in [0.4, 0.5) is 28.7 Å². The van der Waals surface area contributed by atoms with Crippen LogP contribution in [0.2, 0.25) is 0 Å². The largest absolute Gasteiger partial charge is 0.337 e. The topological polar surface area (TPSA) is 159 Å². The third-order valence-corrected chi connectivity index (χ3v) is 8.77. The standard InChI is InChI=1S/C29H26N6O5S2/c1-19-7-15-24(16-8-19)41(37,38)34-23-11-9-22(10-12-23)31-28-29(33-27-6-4-3-5-26(27)32-28)35-42(39,40)25-17-13-21(14-18-25)30-20(2)36/h3-18,34H,1-2H3,(H,30,36)(H,31,32)(H,33,35). The molecular formula is C29H26N6O5S2. The predicted octanol–water partition coefficient (Wildman–Crippen LogP) is 5.24. The Bertz CT molecular complexity index is 1980. The van der Waals surface area contributed by atoms with Gasteiger partial charge in [0.05, 0.1) is 20.8 Å². The average molecular weight is 603 g/mol. The van der Waals surface area contributed by atoms with Crippen LogP contribution < -0.4 is 20.1 Å². The molecule has 0 saturated carbocycles. The number of rotatable bonds is 9. The van der Waals surface area contributed by atoms with Crippen molar-refractivity contribution in [2.75, 3.05) is 20.1 Å². The van der Waals surface area contributed by atoms with Gasteiger partial charge in [-0.05, 0) is 79.7 Å². The molecule has 13 heteroatoms. The van der Waals surface area contributed by atoms with Crippen molar-refractivity contribution in [3.8, 4) is 0 Å². The number of nitrogens with one attached hydrogen (secondary N) is 4. The van der Waals surface area contributed by atoms with Crippen LogP contribution in [0, 0.1) is 6.92 Å². The summed E-state index contributed by atoms with van der Waals surface area (Å²) >= 11 is 0. The third kappa shape index (κ3) is 6.65. The number of aryl methyl sites for hydroxylation is 1. The van der Waals surface area contributed by atoms with E-state index in [-0.39, 0.29) is 27.3 Å². The Morgan fingerprint density at radius 1 is 0.595 bits per heavy atom. The number of aromatic nitrogens is 2. The number of anilines is 5. The van der Waals surface area contributed by atoms with Crippen LogP contribution in [0.15, 0.2) is 107 Å². The van der Waals surface area contributed by atoms with Crippen LogP contribution in [0.1, 0.15) is 12.5 Å². The van der Waals surface area contributed by atoms with E-state index in [1.165, 1.54) is 43.3 Å². The van der Waals surface area contributed by atoms with Crippen molar-refractivity contribution in [2.24, 2.45) is 0 Å². The minimum atomic E-state index is -4.08. The lowest BCUT2D eigenvalue weighted by molar-refractivity contribution is -0.114. The van der Waals surface area contributed by atoms with Crippen LogP contribution in [0.25, 0.3) is 11.0 Å². The van der Waals surface area contributed by atoms with Gasteiger partial charge in [0.2, 0.25) is 5.91 Å². The summed E-state index contributed by atoms with van der Waals surface area (Å²) in [5.74, 6) is -0.175. The smallest absolute Gasteiger partial charge is 0.263 e. The molecule has 0 radical (unpaired) electrons. The maximum atomic E-state index is 13.2. The van der Waals surface area contributed by atoms with Gasteiger partial charge in [-0.1, -0.05) is 29.8 Å². The molecule has 0 aliphatic heterocycles. The van der Waals surface area contributed by atoms with Gasteiger partial charge in [0.25, 0.3) is 20.0 Å². The molecule has 0 saturated heterocycles. The van der Waals surface area contributed by atoms with E-state index in [0.717, 1.165) is 5.56 Å². The Hall–Kier alpha value is -5.01. The first-order valence-electron chi connectivity index (χ1n) is 12.6. The van der Waals surface area contributed by atoms with Crippen LogP contribution in [-0.4, -0.2) is 32.7 Å². The first-order chi connectivity index (χ1) is 20.0. The number of hydrogen-bond acceptors (Lipinski definition) is 8. The highest BCUT2D eigenvalue weighted by atomic mass is 32.2. The number of benzene rings is 4. The summed E-state index contributed by atoms with van der Waals surface area (Å²) in [6, 6.07) is 25.6. The van der Waals surface area contributed by atoms with E-state index in [9.17, 15) is 21.6 Å². The quantitative estimate of drug-likeness (QED) is 0.178. The highest BCUT2D eigenvalue weighted by Crippen LogP contribution is 2.28. The van der Waals surface area contributed by atoms with Gasteiger partial charge in [-0.25, -0.2) is 26.8 Å². The molecule has 5 rings (SSSR count). The SMILES string of the molecule is CC(=O)Nc1ccc(S(=O)(=O)Nc2nc3ccccc3nc2Nc2ccc(NS(=O)(=O)c3ccc(C)cc3)cc2)cc1. The molecule has 0 aliphatic carbocycles. The summed E-state index contributed by atoms with van der Waals surface area (Å²) in [6.07, 6.45) is 0. The molecule has 4 aromatic carbocycles. The van der Waals surface area contributed by atoms with Gasteiger partial charge in [-0.15, -0.1) is 0 Å². The van der Waals surface area contributed by atoms with Crippen LogP contribution in [0.3, 0.4) is 0 Å². The van der Waals surface area contributed by atoms with Crippen molar-refractivity contribution in [2.45, 2.75) is 23.6 Å². The second kappa shape index (κ2) is 11.5. The Morgan fingerprint density at radius 3 is 1.64 bits per heavy atom. The van der Waals surface area contributed by atoms with E-state index >= 15 is 0 Å². The van der Waals surface area contributed by atoms with Gasteiger partial charge in [0.15, 0.2) is 11.6 Å². The van der Waals surface area contributed by atoms with Gasteiger partial charge in [0, 0.05) is 24.0 Å². The van der Waals surface area contributed by atoms with Crippen molar-refractivity contribution in [3.05, 3.63) is 103 Å².